The molecule has 0 fully saturated rings. The van der Waals surface area contributed by atoms with Crippen molar-refractivity contribution in [2.24, 2.45) is 0 Å². The number of anilines is 2. The quantitative estimate of drug-likeness (QED) is 0.640. The third kappa shape index (κ3) is 4.88. The predicted molar refractivity (Wildman–Crippen MR) is 102 cm³/mol. The molecule has 138 valence electrons. The molecule has 0 bridgehead atoms. The van der Waals surface area contributed by atoms with Gasteiger partial charge in [-0.3, -0.25) is 9.78 Å². The smallest absolute Gasteiger partial charge is 0.270 e. The molecule has 1 aromatic heterocycles. The van der Waals surface area contributed by atoms with Crippen LogP contribution in [-0.2, 0) is 12.5 Å². The van der Waals surface area contributed by atoms with Crippen LogP contribution >= 0.6 is 0 Å². The van der Waals surface area contributed by atoms with Crippen LogP contribution in [0.5, 0.6) is 0 Å². The Balaban J connectivity index is 1.75. The molecule has 0 aliphatic rings. The third-order valence-corrected chi connectivity index (χ3v) is 4.03. The Morgan fingerprint density at radius 1 is 1.04 bits per heavy atom. The van der Waals surface area contributed by atoms with Crippen LogP contribution in [0.1, 0.15) is 28.4 Å². The molecule has 6 heteroatoms. The van der Waals surface area contributed by atoms with E-state index in [4.69, 9.17) is 0 Å². The third-order valence-electron chi connectivity index (χ3n) is 4.03. The summed E-state index contributed by atoms with van der Waals surface area (Å²) >= 11 is 0. The molecule has 0 radical (unpaired) electrons. The van der Waals surface area contributed by atoms with Crippen molar-refractivity contribution in [2.45, 2.75) is 19.4 Å². The van der Waals surface area contributed by atoms with Gasteiger partial charge in [-0.2, -0.15) is 0 Å². The number of pyridine rings is 1. The van der Waals surface area contributed by atoms with E-state index in [0.29, 0.717) is 23.5 Å². The summed E-state index contributed by atoms with van der Waals surface area (Å²) in [7, 11) is 0. The summed E-state index contributed by atoms with van der Waals surface area (Å²) in [6, 6.07) is 16.5. The first-order chi connectivity index (χ1) is 12.9. The second-order valence-electron chi connectivity index (χ2n) is 6.18. The summed E-state index contributed by atoms with van der Waals surface area (Å²) in [5.74, 6) is -3.34. The largest absolute Gasteiger partial charge is 0.380 e. The fourth-order valence-electron chi connectivity index (χ4n) is 2.60. The monoisotopic (exact) mass is 367 g/mol. The van der Waals surface area contributed by atoms with Gasteiger partial charge in [0.2, 0.25) is 0 Å². The number of alkyl halides is 2. The number of benzene rings is 2. The van der Waals surface area contributed by atoms with Gasteiger partial charge in [0.05, 0.1) is 5.56 Å². The summed E-state index contributed by atoms with van der Waals surface area (Å²) < 4.78 is 27.0. The van der Waals surface area contributed by atoms with Gasteiger partial charge in [-0.15, -0.1) is 0 Å². The van der Waals surface area contributed by atoms with Crippen molar-refractivity contribution in [1.82, 2.24) is 4.98 Å². The topological polar surface area (TPSA) is 54.0 Å². The summed E-state index contributed by atoms with van der Waals surface area (Å²) in [4.78, 5) is 16.6. The predicted octanol–water partition coefficient (Wildman–Crippen LogP) is 5.06. The Morgan fingerprint density at radius 2 is 1.78 bits per heavy atom. The van der Waals surface area contributed by atoms with E-state index in [-0.39, 0.29) is 11.5 Å². The summed E-state index contributed by atoms with van der Waals surface area (Å²) in [6.07, 6.45) is 3.40. The molecule has 3 aromatic rings. The fraction of sp³-hybridized carbons (Fsp3) is 0.143. The minimum Gasteiger partial charge on any atom is -0.380 e. The average molecular weight is 367 g/mol. The van der Waals surface area contributed by atoms with E-state index in [1.165, 1.54) is 18.2 Å². The first-order valence-electron chi connectivity index (χ1n) is 8.45. The van der Waals surface area contributed by atoms with E-state index < -0.39 is 5.92 Å². The molecule has 0 aliphatic carbocycles. The molecule has 0 aliphatic heterocycles. The highest BCUT2D eigenvalue weighted by atomic mass is 19.3. The van der Waals surface area contributed by atoms with E-state index in [1.54, 1.807) is 36.7 Å². The molecular weight excluding hydrogens is 348 g/mol. The van der Waals surface area contributed by atoms with Gasteiger partial charge in [0.15, 0.2) is 0 Å². The van der Waals surface area contributed by atoms with Crippen molar-refractivity contribution in [3.8, 4) is 0 Å². The Morgan fingerprint density at radius 3 is 2.52 bits per heavy atom. The van der Waals surface area contributed by atoms with E-state index in [1.807, 2.05) is 18.2 Å². The number of hydrogen-bond acceptors (Lipinski definition) is 3. The number of hydrogen-bond donors (Lipinski definition) is 2. The minimum absolute atomic E-state index is 0.149. The van der Waals surface area contributed by atoms with Crippen LogP contribution in [0.3, 0.4) is 0 Å². The molecular formula is C21H19F2N3O. The van der Waals surface area contributed by atoms with Crippen LogP contribution in [-0.4, -0.2) is 10.9 Å². The molecule has 2 aromatic carbocycles. The number of para-hydroxylation sites is 1. The number of carbonyl (C=O) groups is 1. The number of carbonyl (C=O) groups excluding carboxylic acids is 1. The first kappa shape index (κ1) is 18.5. The molecule has 0 unspecified atom stereocenters. The fourth-order valence-corrected chi connectivity index (χ4v) is 2.60. The summed E-state index contributed by atoms with van der Waals surface area (Å²) in [5, 5.41) is 5.91. The summed E-state index contributed by atoms with van der Waals surface area (Å²) in [5.41, 5.74) is 2.29. The van der Waals surface area contributed by atoms with Gasteiger partial charge < -0.3 is 10.6 Å². The molecule has 1 heterocycles. The normalized spacial score (nSPS) is 11.1. The lowest BCUT2D eigenvalue weighted by Gasteiger charge is -2.14. The second kappa shape index (κ2) is 7.95. The highest BCUT2D eigenvalue weighted by Crippen LogP contribution is 2.29. The van der Waals surface area contributed by atoms with Crippen molar-refractivity contribution < 1.29 is 13.6 Å². The van der Waals surface area contributed by atoms with Gasteiger partial charge in [0, 0.05) is 42.8 Å². The van der Waals surface area contributed by atoms with Crippen LogP contribution in [0.4, 0.5) is 20.2 Å². The minimum atomic E-state index is -2.97. The lowest BCUT2D eigenvalue weighted by molar-refractivity contribution is 0.0175. The summed E-state index contributed by atoms with van der Waals surface area (Å²) in [6.45, 7) is 1.36. The van der Waals surface area contributed by atoms with Crippen LogP contribution in [0.25, 0.3) is 0 Å². The van der Waals surface area contributed by atoms with Crippen molar-refractivity contribution in [1.29, 1.82) is 0 Å². The van der Waals surface area contributed by atoms with E-state index in [2.05, 4.69) is 15.6 Å². The number of aromatic nitrogens is 1. The molecule has 0 saturated heterocycles. The van der Waals surface area contributed by atoms with Gasteiger partial charge in [-0.1, -0.05) is 24.3 Å². The van der Waals surface area contributed by atoms with Crippen LogP contribution in [0.15, 0.2) is 73.1 Å². The van der Waals surface area contributed by atoms with Crippen molar-refractivity contribution in [3.05, 3.63) is 89.7 Å². The highest BCUT2D eigenvalue weighted by molar-refractivity contribution is 6.08. The standard InChI is InChI=1S/C21H19F2N3O/c1-21(22,23)16-5-4-6-17(13-16)26-20(27)18-7-2-3-8-19(18)25-14-15-9-11-24-12-10-15/h2-13,25H,14H2,1H3,(H,26,27). The van der Waals surface area contributed by atoms with Gasteiger partial charge in [-0.05, 0) is 42.0 Å². The highest BCUT2D eigenvalue weighted by Gasteiger charge is 2.24. The zero-order chi connectivity index (χ0) is 19.3. The maximum absolute atomic E-state index is 13.5. The molecule has 27 heavy (non-hydrogen) atoms. The first-order valence-corrected chi connectivity index (χ1v) is 8.45. The van der Waals surface area contributed by atoms with Crippen LogP contribution in [0, 0.1) is 0 Å². The SMILES string of the molecule is CC(F)(F)c1cccc(NC(=O)c2ccccc2NCc2ccncc2)c1. The molecule has 1 amide bonds. The van der Waals surface area contributed by atoms with Crippen LogP contribution < -0.4 is 10.6 Å². The number of nitrogens with one attached hydrogen (secondary N) is 2. The Labute approximate surface area is 156 Å². The van der Waals surface area contributed by atoms with E-state index in [0.717, 1.165) is 12.5 Å². The van der Waals surface area contributed by atoms with E-state index >= 15 is 0 Å². The second-order valence-corrected chi connectivity index (χ2v) is 6.18. The maximum Gasteiger partial charge on any atom is 0.270 e. The van der Waals surface area contributed by atoms with Crippen LogP contribution in [0.2, 0.25) is 0 Å². The Bertz CT molecular complexity index is 924. The number of amides is 1. The Hall–Kier alpha value is -3.28. The van der Waals surface area contributed by atoms with Crippen molar-refractivity contribution >= 4 is 17.3 Å². The van der Waals surface area contributed by atoms with E-state index in [9.17, 15) is 13.6 Å². The molecule has 0 atom stereocenters. The van der Waals surface area contributed by atoms with Crippen molar-refractivity contribution in [3.63, 3.8) is 0 Å². The molecule has 2 N–H and O–H groups in total. The van der Waals surface area contributed by atoms with Gasteiger partial charge in [-0.25, -0.2) is 8.78 Å². The Kier molecular flexibility index (Phi) is 5.45. The lowest BCUT2D eigenvalue weighted by Crippen LogP contribution is -2.15. The van der Waals surface area contributed by atoms with Gasteiger partial charge >= 0.3 is 0 Å². The van der Waals surface area contributed by atoms with Crippen molar-refractivity contribution in [2.75, 3.05) is 10.6 Å². The zero-order valence-electron chi connectivity index (χ0n) is 14.7. The number of nitrogens with zero attached hydrogens (tertiary/aromatic N) is 1. The van der Waals surface area contributed by atoms with Gasteiger partial charge in [0.1, 0.15) is 0 Å². The molecule has 4 nitrogen and oxygen atoms in total. The van der Waals surface area contributed by atoms with Gasteiger partial charge in [0.25, 0.3) is 11.8 Å². The number of halogens is 2. The molecule has 0 spiro atoms. The molecule has 3 rings (SSSR count). The average Bonchev–Trinajstić information content (AvgIpc) is 2.67. The zero-order valence-corrected chi connectivity index (χ0v) is 14.7. The molecule has 0 saturated carbocycles. The number of rotatable bonds is 6. The maximum atomic E-state index is 13.5. The lowest BCUT2D eigenvalue weighted by atomic mass is 10.1.